The molecule has 0 aromatic heterocycles. The summed E-state index contributed by atoms with van der Waals surface area (Å²) in [5.41, 5.74) is 0. The van der Waals surface area contributed by atoms with E-state index in [1.165, 1.54) is 11.8 Å². The second kappa shape index (κ2) is 8.85. The molecular weight excluding hydrogens is 200 g/mol. The Morgan fingerprint density at radius 3 is 3.00 bits per heavy atom. The molecule has 4 nitrogen and oxygen atoms in total. The molecule has 0 heterocycles. The van der Waals surface area contributed by atoms with Gasteiger partial charge in [0.1, 0.15) is 0 Å². The first kappa shape index (κ1) is 13.3. The molecule has 14 heavy (non-hydrogen) atoms. The summed E-state index contributed by atoms with van der Waals surface area (Å²) in [5, 5.41) is 19.6. The minimum absolute atomic E-state index is 0.0457. The maximum Gasteiger partial charge on any atom is 0.230 e. The van der Waals surface area contributed by atoms with Crippen LogP contribution in [0, 0.1) is 11.3 Å². The number of carbonyl (C=O) groups is 1. The van der Waals surface area contributed by atoms with Crippen molar-refractivity contribution in [2.24, 2.45) is 0 Å². The Labute approximate surface area is 88.7 Å². The van der Waals surface area contributed by atoms with Crippen molar-refractivity contribution in [1.29, 1.82) is 5.26 Å². The zero-order valence-corrected chi connectivity index (χ0v) is 9.14. The molecule has 5 heteroatoms. The molecular formula is C9H16N2O2S. The molecule has 1 unspecified atom stereocenters. The Morgan fingerprint density at radius 2 is 2.43 bits per heavy atom. The van der Waals surface area contributed by atoms with Crippen LogP contribution in [0.2, 0.25) is 0 Å². The quantitative estimate of drug-likeness (QED) is 0.608. The number of thioether (sulfide) groups is 1. The van der Waals surface area contributed by atoms with E-state index in [0.29, 0.717) is 17.9 Å². The van der Waals surface area contributed by atoms with Crippen molar-refractivity contribution < 1.29 is 9.90 Å². The first-order valence-corrected chi connectivity index (χ1v) is 5.71. The van der Waals surface area contributed by atoms with Gasteiger partial charge in [0, 0.05) is 12.6 Å². The number of nitrogens with zero attached hydrogens (tertiary/aromatic N) is 1. The van der Waals surface area contributed by atoms with Crippen LogP contribution in [0.1, 0.15) is 19.8 Å². The minimum atomic E-state index is -0.0457. The number of hydrogen-bond donors (Lipinski definition) is 2. The van der Waals surface area contributed by atoms with Gasteiger partial charge in [-0.2, -0.15) is 5.26 Å². The molecule has 0 saturated carbocycles. The van der Waals surface area contributed by atoms with Crippen LogP contribution >= 0.6 is 11.8 Å². The molecule has 0 spiro atoms. The van der Waals surface area contributed by atoms with Crippen LogP contribution in [0.15, 0.2) is 0 Å². The van der Waals surface area contributed by atoms with Gasteiger partial charge in [-0.15, -0.1) is 11.8 Å². The molecule has 0 aliphatic carbocycles. The highest BCUT2D eigenvalue weighted by Crippen LogP contribution is 1.99. The van der Waals surface area contributed by atoms with E-state index in [-0.39, 0.29) is 18.6 Å². The molecule has 0 aromatic carbocycles. The molecule has 0 aromatic rings. The molecule has 0 fully saturated rings. The zero-order chi connectivity index (χ0) is 10.8. The van der Waals surface area contributed by atoms with Gasteiger partial charge in [0.25, 0.3) is 0 Å². The average Bonchev–Trinajstić information content (AvgIpc) is 2.15. The van der Waals surface area contributed by atoms with Crippen molar-refractivity contribution in [3.63, 3.8) is 0 Å². The fourth-order valence-corrected chi connectivity index (χ4v) is 1.44. The molecule has 80 valence electrons. The van der Waals surface area contributed by atoms with Crippen molar-refractivity contribution in [3.8, 4) is 6.07 Å². The SMILES string of the molecule is CC(CCCO)NC(=O)CSCC#N. The number of amides is 1. The highest BCUT2D eigenvalue weighted by Gasteiger charge is 2.06. The summed E-state index contributed by atoms with van der Waals surface area (Å²) in [7, 11) is 0. The third kappa shape index (κ3) is 7.90. The van der Waals surface area contributed by atoms with E-state index in [2.05, 4.69) is 5.32 Å². The molecule has 1 atom stereocenters. The maximum absolute atomic E-state index is 11.2. The van der Waals surface area contributed by atoms with Crippen molar-refractivity contribution >= 4 is 17.7 Å². The summed E-state index contributed by atoms with van der Waals surface area (Å²) in [5.74, 6) is 0.630. The van der Waals surface area contributed by atoms with E-state index < -0.39 is 0 Å². The second-order valence-corrected chi connectivity index (χ2v) is 3.97. The summed E-state index contributed by atoms with van der Waals surface area (Å²) in [4.78, 5) is 11.2. The van der Waals surface area contributed by atoms with Crippen LogP contribution in [-0.2, 0) is 4.79 Å². The van der Waals surface area contributed by atoms with Gasteiger partial charge >= 0.3 is 0 Å². The topological polar surface area (TPSA) is 73.1 Å². The Hall–Kier alpha value is -0.730. The van der Waals surface area contributed by atoms with Crippen LogP contribution in [0.25, 0.3) is 0 Å². The fraction of sp³-hybridized carbons (Fsp3) is 0.778. The molecule has 2 N–H and O–H groups in total. The average molecular weight is 216 g/mol. The lowest BCUT2D eigenvalue weighted by atomic mass is 10.2. The molecule has 0 aliphatic heterocycles. The highest BCUT2D eigenvalue weighted by atomic mass is 32.2. The Kier molecular flexibility index (Phi) is 8.39. The normalized spacial score (nSPS) is 11.8. The lowest BCUT2D eigenvalue weighted by Crippen LogP contribution is -2.34. The second-order valence-electron chi connectivity index (χ2n) is 2.99. The van der Waals surface area contributed by atoms with E-state index >= 15 is 0 Å². The van der Waals surface area contributed by atoms with E-state index in [4.69, 9.17) is 10.4 Å². The first-order valence-electron chi connectivity index (χ1n) is 4.55. The number of aliphatic hydroxyl groups is 1. The summed E-state index contributed by atoms with van der Waals surface area (Å²) in [6.07, 6.45) is 1.48. The molecule has 1 amide bonds. The van der Waals surface area contributed by atoms with Crippen LogP contribution in [0.4, 0.5) is 0 Å². The standard InChI is InChI=1S/C9H16N2O2S/c1-8(3-2-5-12)11-9(13)7-14-6-4-10/h8,12H,2-3,5-7H2,1H3,(H,11,13). The van der Waals surface area contributed by atoms with Gasteiger partial charge in [-0.05, 0) is 19.8 Å². The number of nitriles is 1. The van der Waals surface area contributed by atoms with Gasteiger partial charge < -0.3 is 10.4 Å². The van der Waals surface area contributed by atoms with Gasteiger partial charge in [0.2, 0.25) is 5.91 Å². The van der Waals surface area contributed by atoms with Crippen LogP contribution in [0.5, 0.6) is 0 Å². The van der Waals surface area contributed by atoms with Crippen LogP contribution in [-0.4, -0.2) is 35.2 Å². The van der Waals surface area contributed by atoms with Gasteiger partial charge in [-0.25, -0.2) is 0 Å². The number of aliphatic hydroxyl groups excluding tert-OH is 1. The predicted molar refractivity (Wildman–Crippen MR) is 56.9 cm³/mol. The van der Waals surface area contributed by atoms with Crippen molar-refractivity contribution in [1.82, 2.24) is 5.32 Å². The zero-order valence-electron chi connectivity index (χ0n) is 8.32. The number of rotatable bonds is 7. The minimum Gasteiger partial charge on any atom is -0.396 e. The summed E-state index contributed by atoms with van der Waals surface area (Å²) in [6.45, 7) is 2.06. The van der Waals surface area contributed by atoms with E-state index in [9.17, 15) is 4.79 Å². The van der Waals surface area contributed by atoms with Gasteiger partial charge in [0.15, 0.2) is 0 Å². The Balaban J connectivity index is 3.46. The van der Waals surface area contributed by atoms with Crippen molar-refractivity contribution in [2.75, 3.05) is 18.1 Å². The first-order chi connectivity index (χ1) is 6.70. The summed E-state index contributed by atoms with van der Waals surface area (Å²) in [6, 6.07) is 2.06. The lowest BCUT2D eigenvalue weighted by Gasteiger charge is -2.12. The smallest absolute Gasteiger partial charge is 0.230 e. The Bertz CT molecular complexity index is 203. The van der Waals surface area contributed by atoms with E-state index in [1.54, 1.807) is 0 Å². The van der Waals surface area contributed by atoms with Gasteiger partial charge in [-0.1, -0.05) is 0 Å². The number of nitrogens with one attached hydrogen (secondary N) is 1. The van der Waals surface area contributed by atoms with Crippen molar-refractivity contribution in [2.45, 2.75) is 25.8 Å². The van der Waals surface area contributed by atoms with Gasteiger partial charge in [-0.3, -0.25) is 4.79 Å². The molecule has 0 aliphatic rings. The molecule has 0 rings (SSSR count). The summed E-state index contributed by atoms with van der Waals surface area (Å²) >= 11 is 1.30. The maximum atomic E-state index is 11.2. The molecule has 0 bridgehead atoms. The Morgan fingerprint density at radius 1 is 1.71 bits per heavy atom. The van der Waals surface area contributed by atoms with Gasteiger partial charge in [0.05, 0.1) is 17.6 Å². The third-order valence-electron chi connectivity index (χ3n) is 1.60. The molecule has 0 saturated heterocycles. The third-order valence-corrected chi connectivity index (χ3v) is 2.40. The highest BCUT2D eigenvalue weighted by molar-refractivity contribution is 8.00. The lowest BCUT2D eigenvalue weighted by molar-refractivity contribution is -0.119. The van der Waals surface area contributed by atoms with Crippen LogP contribution < -0.4 is 5.32 Å². The number of carbonyl (C=O) groups excluding carboxylic acids is 1. The summed E-state index contributed by atoms with van der Waals surface area (Å²) < 4.78 is 0. The number of hydrogen-bond acceptors (Lipinski definition) is 4. The monoisotopic (exact) mass is 216 g/mol. The van der Waals surface area contributed by atoms with E-state index in [1.807, 2.05) is 13.0 Å². The molecule has 0 radical (unpaired) electrons. The predicted octanol–water partition coefficient (Wildman–Crippen LogP) is 0.520. The largest absolute Gasteiger partial charge is 0.396 e. The fourth-order valence-electron chi connectivity index (χ4n) is 0.976. The van der Waals surface area contributed by atoms with Crippen LogP contribution in [0.3, 0.4) is 0 Å². The van der Waals surface area contributed by atoms with Crippen molar-refractivity contribution in [3.05, 3.63) is 0 Å². The van der Waals surface area contributed by atoms with E-state index in [0.717, 1.165) is 6.42 Å².